The second kappa shape index (κ2) is 7.82. The van der Waals surface area contributed by atoms with Crippen LogP contribution in [-0.2, 0) is 9.53 Å². The van der Waals surface area contributed by atoms with Crippen molar-refractivity contribution >= 4 is 5.91 Å². The predicted octanol–water partition coefficient (Wildman–Crippen LogP) is 0.585. The third kappa shape index (κ3) is 4.75. The molecule has 1 aliphatic rings. The van der Waals surface area contributed by atoms with E-state index in [1.807, 2.05) is 0 Å². The van der Waals surface area contributed by atoms with Crippen molar-refractivity contribution in [1.82, 2.24) is 10.2 Å². The van der Waals surface area contributed by atoms with Gasteiger partial charge in [-0.3, -0.25) is 4.79 Å². The second-order valence-electron chi connectivity index (χ2n) is 5.82. The van der Waals surface area contributed by atoms with Gasteiger partial charge in [-0.1, -0.05) is 0 Å². The lowest BCUT2D eigenvalue weighted by Gasteiger charge is -2.41. The first kappa shape index (κ1) is 16.4. The van der Waals surface area contributed by atoms with Gasteiger partial charge in [0.15, 0.2) is 0 Å². The molecule has 19 heavy (non-hydrogen) atoms. The van der Waals surface area contributed by atoms with Crippen molar-refractivity contribution in [3.05, 3.63) is 0 Å². The molecular weight excluding hydrogens is 242 g/mol. The quantitative estimate of drug-likeness (QED) is 0.742. The molecule has 112 valence electrons. The summed E-state index contributed by atoms with van der Waals surface area (Å²) in [6, 6.07) is 1.32. The van der Waals surface area contributed by atoms with E-state index in [-0.39, 0.29) is 18.5 Å². The van der Waals surface area contributed by atoms with Crippen molar-refractivity contribution in [3.63, 3.8) is 0 Å². The minimum Gasteiger partial charge on any atom is -0.384 e. The highest BCUT2D eigenvalue weighted by Gasteiger charge is 2.33. The van der Waals surface area contributed by atoms with Gasteiger partial charge in [0.1, 0.15) is 0 Å². The van der Waals surface area contributed by atoms with Gasteiger partial charge in [-0.05, 0) is 40.2 Å². The molecule has 0 aromatic carbocycles. The van der Waals surface area contributed by atoms with E-state index in [2.05, 4.69) is 31.1 Å². The second-order valence-corrected chi connectivity index (χ2v) is 5.82. The normalized spacial score (nSPS) is 27.8. The van der Waals surface area contributed by atoms with Crippen LogP contribution in [0.5, 0.6) is 0 Å². The first-order chi connectivity index (χ1) is 8.99. The first-order valence-corrected chi connectivity index (χ1v) is 7.19. The highest BCUT2D eigenvalue weighted by Crippen LogP contribution is 2.28. The van der Waals surface area contributed by atoms with Gasteiger partial charge in [0.25, 0.3) is 0 Å². The minimum atomic E-state index is -0.0678. The fourth-order valence-corrected chi connectivity index (χ4v) is 2.88. The molecule has 1 fully saturated rings. The van der Waals surface area contributed by atoms with Crippen LogP contribution in [0.4, 0.5) is 0 Å². The van der Waals surface area contributed by atoms with Gasteiger partial charge in [0.2, 0.25) is 5.91 Å². The van der Waals surface area contributed by atoms with Crippen LogP contribution < -0.4 is 11.1 Å². The number of amides is 1. The van der Waals surface area contributed by atoms with Gasteiger partial charge >= 0.3 is 0 Å². The third-order valence-corrected chi connectivity index (χ3v) is 4.26. The molecule has 0 spiro atoms. The lowest BCUT2D eigenvalue weighted by atomic mass is 9.81. The van der Waals surface area contributed by atoms with E-state index in [0.717, 1.165) is 19.3 Å². The lowest BCUT2D eigenvalue weighted by Crippen LogP contribution is -2.51. The number of nitrogens with zero attached hydrogens (tertiary/aromatic N) is 1. The van der Waals surface area contributed by atoms with E-state index in [1.54, 1.807) is 7.11 Å². The monoisotopic (exact) mass is 271 g/mol. The van der Waals surface area contributed by atoms with Crippen molar-refractivity contribution in [2.45, 2.75) is 51.2 Å². The standard InChI is InChI=1S/C14H29N3O2/c1-10(2)17(3)12-5-6-13(16-14(18)8-15)11(7-12)9-19-4/h10-13H,5-9,15H2,1-4H3,(H,16,18). The summed E-state index contributed by atoms with van der Waals surface area (Å²) < 4.78 is 5.31. The average molecular weight is 271 g/mol. The molecule has 0 heterocycles. The Morgan fingerprint density at radius 2 is 2.16 bits per heavy atom. The Morgan fingerprint density at radius 3 is 2.68 bits per heavy atom. The molecular formula is C14H29N3O2. The molecule has 0 bridgehead atoms. The molecule has 5 heteroatoms. The van der Waals surface area contributed by atoms with Gasteiger partial charge in [-0.2, -0.15) is 0 Å². The fourth-order valence-electron chi connectivity index (χ4n) is 2.88. The molecule has 3 unspecified atom stereocenters. The van der Waals surface area contributed by atoms with E-state index in [0.29, 0.717) is 24.6 Å². The summed E-state index contributed by atoms with van der Waals surface area (Å²) in [4.78, 5) is 13.9. The minimum absolute atomic E-state index is 0.0610. The van der Waals surface area contributed by atoms with Gasteiger partial charge < -0.3 is 20.7 Å². The molecule has 0 aromatic heterocycles. The number of carbonyl (C=O) groups is 1. The molecule has 1 rings (SSSR count). The summed E-state index contributed by atoms with van der Waals surface area (Å²) in [5.74, 6) is 0.308. The summed E-state index contributed by atoms with van der Waals surface area (Å²) in [6.07, 6.45) is 3.18. The van der Waals surface area contributed by atoms with Crippen LogP contribution in [0, 0.1) is 5.92 Å². The number of hydrogen-bond donors (Lipinski definition) is 2. The first-order valence-electron chi connectivity index (χ1n) is 7.19. The number of carbonyl (C=O) groups excluding carboxylic acids is 1. The zero-order valence-corrected chi connectivity index (χ0v) is 12.7. The van der Waals surface area contributed by atoms with Crippen LogP contribution in [0.3, 0.4) is 0 Å². The number of nitrogens with two attached hydrogens (primary N) is 1. The van der Waals surface area contributed by atoms with Crippen LogP contribution in [0.25, 0.3) is 0 Å². The smallest absolute Gasteiger partial charge is 0.233 e. The van der Waals surface area contributed by atoms with Crippen LogP contribution in [0.15, 0.2) is 0 Å². The number of ether oxygens (including phenoxy) is 1. The number of methoxy groups -OCH3 is 1. The molecule has 0 radical (unpaired) electrons. The SMILES string of the molecule is COCC1CC(N(C)C(C)C)CCC1NC(=O)CN. The largest absolute Gasteiger partial charge is 0.384 e. The summed E-state index contributed by atoms with van der Waals surface area (Å²) in [7, 11) is 3.90. The Kier molecular flexibility index (Phi) is 6.75. The lowest BCUT2D eigenvalue weighted by molar-refractivity contribution is -0.121. The molecule has 3 N–H and O–H groups in total. The molecule has 0 aromatic rings. The van der Waals surface area contributed by atoms with E-state index in [4.69, 9.17) is 10.5 Å². The summed E-state index contributed by atoms with van der Waals surface area (Å²) in [5.41, 5.74) is 5.37. The van der Waals surface area contributed by atoms with Crippen LogP contribution >= 0.6 is 0 Å². The molecule has 5 nitrogen and oxygen atoms in total. The van der Waals surface area contributed by atoms with Gasteiger partial charge in [0.05, 0.1) is 13.2 Å². The van der Waals surface area contributed by atoms with Crippen LogP contribution in [0.2, 0.25) is 0 Å². The molecule has 3 atom stereocenters. The number of rotatable bonds is 6. The van der Waals surface area contributed by atoms with E-state index >= 15 is 0 Å². The van der Waals surface area contributed by atoms with Crippen molar-refractivity contribution in [1.29, 1.82) is 0 Å². The van der Waals surface area contributed by atoms with Crippen molar-refractivity contribution in [2.75, 3.05) is 27.3 Å². The van der Waals surface area contributed by atoms with E-state index in [1.165, 1.54) is 0 Å². The molecule has 1 saturated carbocycles. The van der Waals surface area contributed by atoms with E-state index < -0.39 is 0 Å². The summed E-state index contributed by atoms with van der Waals surface area (Å²) >= 11 is 0. The Balaban J connectivity index is 2.61. The van der Waals surface area contributed by atoms with Crippen LogP contribution in [0.1, 0.15) is 33.1 Å². The summed E-state index contributed by atoms with van der Waals surface area (Å²) in [5, 5.41) is 3.03. The highest BCUT2D eigenvalue weighted by molar-refractivity contribution is 5.78. The van der Waals surface area contributed by atoms with Crippen LogP contribution in [-0.4, -0.2) is 56.2 Å². The Hall–Kier alpha value is -0.650. The molecule has 1 aliphatic carbocycles. The van der Waals surface area contributed by atoms with Gasteiger partial charge in [-0.25, -0.2) is 0 Å². The Morgan fingerprint density at radius 1 is 1.47 bits per heavy atom. The Labute approximate surface area is 116 Å². The predicted molar refractivity (Wildman–Crippen MR) is 76.9 cm³/mol. The Bertz CT molecular complexity index is 284. The zero-order chi connectivity index (χ0) is 14.4. The van der Waals surface area contributed by atoms with Crippen molar-refractivity contribution in [3.8, 4) is 0 Å². The number of nitrogens with one attached hydrogen (secondary N) is 1. The highest BCUT2D eigenvalue weighted by atomic mass is 16.5. The topological polar surface area (TPSA) is 67.6 Å². The fraction of sp³-hybridized carbons (Fsp3) is 0.929. The van der Waals surface area contributed by atoms with Gasteiger partial charge in [0, 0.05) is 31.2 Å². The van der Waals surface area contributed by atoms with Gasteiger partial charge in [-0.15, -0.1) is 0 Å². The van der Waals surface area contributed by atoms with E-state index in [9.17, 15) is 4.79 Å². The van der Waals surface area contributed by atoms with Crippen molar-refractivity contribution < 1.29 is 9.53 Å². The third-order valence-electron chi connectivity index (χ3n) is 4.26. The number of hydrogen-bond acceptors (Lipinski definition) is 4. The average Bonchev–Trinajstić information content (AvgIpc) is 2.39. The molecule has 1 amide bonds. The molecule has 0 aliphatic heterocycles. The van der Waals surface area contributed by atoms with Crippen molar-refractivity contribution in [2.24, 2.45) is 11.7 Å². The maximum atomic E-state index is 11.5. The summed E-state index contributed by atoms with van der Waals surface area (Å²) in [6.45, 7) is 5.19. The molecule has 0 saturated heterocycles. The zero-order valence-electron chi connectivity index (χ0n) is 12.7. The maximum absolute atomic E-state index is 11.5. The maximum Gasteiger partial charge on any atom is 0.233 e.